The van der Waals surface area contributed by atoms with Gasteiger partial charge in [-0.05, 0) is 44.9 Å². The van der Waals surface area contributed by atoms with E-state index in [0.717, 1.165) is 12.0 Å². The SMILES string of the molecule is CCC/C=C/N(C(=O)c1cn(Cc2ccc(NC(=O)OC(C)C)cc2Cl)c(C)n1)S(=O)[O-]. The number of anilines is 1. The summed E-state index contributed by atoms with van der Waals surface area (Å²) in [6.07, 6.45) is 4.97. The van der Waals surface area contributed by atoms with E-state index in [4.69, 9.17) is 16.3 Å². The van der Waals surface area contributed by atoms with Crippen LogP contribution in [0.1, 0.15) is 55.5 Å². The molecule has 1 unspecified atom stereocenters. The molecule has 1 atom stereocenters. The highest BCUT2D eigenvalue weighted by Crippen LogP contribution is 2.23. The third kappa shape index (κ3) is 7.18. The Labute approximate surface area is 194 Å². The van der Waals surface area contributed by atoms with E-state index < -0.39 is 23.3 Å². The number of amides is 2. The number of aromatic nitrogens is 2. The summed E-state index contributed by atoms with van der Waals surface area (Å²) < 4.78 is 30.3. The summed E-state index contributed by atoms with van der Waals surface area (Å²) in [6.45, 7) is 7.44. The van der Waals surface area contributed by atoms with Crippen molar-refractivity contribution in [2.75, 3.05) is 5.32 Å². The highest BCUT2D eigenvalue weighted by atomic mass is 35.5. The first kappa shape index (κ1) is 25.6. The Morgan fingerprint density at radius 1 is 1.41 bits per heavy atom. The molecule has 0 spiro atoms. The zero-order valence-electron chi connectivity index (χ0n) is 18.3. The van der Waals surface area contributed by atoms with Crippen molar-refractivity contribution in [2.45, 2.75) is 53.2 Å². The number of benzene rings is 1. The van der Waals surface area contributed by atoms with Gasteiger partial charge in [-0.15, -0.1) is 0 Å². The molecule has 32 heavy (non-hydrogen) atoms. The Morgan fingerprint density at radius 2 is 2.12 bits per heavy atom. The molecule has 0 saturated carbocycles. The van der Waals surface area contributed by atoms with Gasteiger partial charge in [0, 0.05) is 23.1 Å². The molecular weight excluding hydrogens is 456 g/mol. The first-order valence-corrected chi connectivity index (χ1v) is 11.4. The van der Waals surface area contributed by atoms with Gasteiger partial charge in [0.25, 0.3) is 5.91 Å². The molecule has 0 saturated heterocycles. The molecule has 0 radical (unpaired) electrons. The zero-order chi connectivity index (χ0) is 23.8. The lowest BCUT2D eigenvalue weighted by atomic mass is 10.2. The number of ether oxygens (including phenoxy) is 1. The van der Waals surface area contributed by atoms with Gasteiger partial charge in [0.15, 0.2) is 0 Å². The summed E-state index contributed by atoms with van der Waals surface area (Å²) in [4.78, 5) is 28.6. The van der Waals surface area contributed by atoms with E-state index in [1.54, 1.807) is 49.6 Å². The van der Waals surface area contributed by atoms with E-state index in [1.807, 2.05) is 6.92 Å². The molecule has 2 amide bonds. The van der Waals surface area contributed by atoms with Crippen LogP contribution in [-0.2, 0) is 22.5 Å². The maximum absolute atomic E-state index is 12.6. The Bertz CT molecular complexity index is 1020. The van der Waals surface area contributed by atoms with Gasteiger partial charge in [0.1, 0.15) is 11.5 Å². The van der Waals surface area contributed by atoms with Crippen molar-refractivity contribution in [3.05, 3.63) is 58.8 Å². The van der Waals surface area contributed by atoms with Gasteiger partial charge in [-0.25, -0.2) is 14.1 Å². The van der Waals surface area contributed by atoms with Crippen LogP contribution in [0.15, 0.2) is 36.7 Å². The number of carbonyl (C=O) groups is 2. The Morgan fingerprint density at radius 3 is 2.72 bits per heavy atom. The summed E-state index contributed by atoms with van der Waals surface area (Å²) >= 11 is 3.61. The second kappa shape index (κ2) is 11.8. The number of unbranched alkanes of at least 4 members (excludes halogenated alkanes) is 1. The Hall–Kier alpha value is -2.69. The Balaban J connectivity index is 2.17. The quantitative estimate of drug-likeness (QED) is 0.530. The molecule has 1 heterocycles. The summed E-state index contributed by atoms with van der Waals surface area (Å²) in [5, 5.41) is 3.00. The van der Waals surface area contributed by atoms with Crippen LogP contribution < -0.4 is 5.32 Å². The Kier molecular flexibility index (Phi) is 9.42. The van der Waals surface area contributed by atoms with Crippen LogP contribution >= 0.6 is 11.6 Å². The minimum absolute atomic E-state index is 0.00121. The highest BCUT2D eigenvalue weighted by molar-refractivity contribution is 7.77. The van der Waals surface area contributed by atoms with Crippen LogP contribution in [0.2, 0.25) is 5.02 Å². The van der Waals surface area contributed by atoms with Crippen molar-refractivity contribution < 1.29 is 23.1 Å². The number of hydrogen-bond donors (Lipinski definition) is 1. The number of imidazole rings is 1. The number of aryl methyl sites for hydroxylation is 1. The van der Waals surface area contributed by atoms with Gasteiger partial charge in [0.05, 0.1) is 23.9 Å². The molecule has 0 aliphatic carbocycles. The molecule has 0 aliphatic rings. The van der Waals surface area contributed by atoms with Crippen molar-refractivity contribution in [3.8, 4) is 0 Å². The van der Waals surface area contributed by atoms with Gasteiger partial charge in [-0.3, -0.25) is 14.3 Å². The first-order valence-electron chi connectivity index (χ1n) is 10.0. The molecule has 2 aromatic rings. The summed E-state index contributed by atoms with van der Waals surface area (Å²) in [7, 11) is 0. The topological polar surface area (TPSA) is 117 Å². The van der Waals surface area contributed by atoms with Crippen LogP contribution in [0.4, 0.5) is 10.5 Å². The summed E-state index contributed by atoms with van der Waals surface area (Å²) in [5.41, 5.74) is 1.20. The molecule has 1 N–H and O–H groups in total. The van der Waals surface area contributed by atoms with Crippen LogP contribution in [0.5, 0.6) is 0 Å². The van der Waals surface area contributed by atoms with Gasteiger partial charge in [-0.2, -0.15) is 0 Å². The second-order valence-electron chi connectivity index (χ2n) is 7.21. The second-order valence-corrected chi connectivity index (χ2v) is 8.44. The molecule has 0 fully saturated rings. The lowest BCUT2D eigenvalue weighted by Crippen LogP contribution is -2.28. The lowest BCUT2D eigenvalue weighted by Gasteiger charge is -2.19. The van der Waals surface area contributed by atoms with Gasteiger partial charge in [-0.1, -0.05) is 37.1 Å². The molecule has 11 heteroatoms. The smallest absolute Gasteiger partial charge is 0.411 e. The molecule has 0 aliphatic heterocycles. The third-order valence-corrected chi connectivity index (χ3v) is 5.20. The molecular formula is C21H26ClN4O5S-. The number of nitrogens with zero attached hydrogens (tertiary/aromatic N) is 3. The lowest BCUT2D eigenvalue weighted by molar-refractivity contribution is 0.0891. The van der Waals surface area contributed by atoms with Crippen LogP contribution in [0, 0.1) is 6.92 Å². The number of halogens is 1. The fourth-order valence-electron chi connectivity index (χ4n) is 2.70. The standard InChI is InChI=1S/C21H27ClN4O5S/c1-5-6-7-10-26(32(29)30)20(27)19-13-25(15(4)23-19)12-16-8-9-17(11-18(16)22)24-21(28)31-14(2)3/h7-11,13-14H,5-6,12H2,1-4H3,(H,24,28)(H,29,30)/p-1/b10-7+. The number of rotatable bonds is 9. The van der Waals surface area contributed by atoms with Crippen LogP contribution in [-0.4, -0.2) is 40.7 Å². The molecule has 2 rings (SSSR count). The largest absolute Gasteiger partial charge is 0.755 e. The van der Waals surface area contributed by atoms with Crippen molar-refractivity contribution >= 4 is 40.6 Å². The van der Waals surface area contributed by atoms with E-state index in [-0.39, 0.29) is 11.8 Å². The highest BCUT2D eigenvalue weighted by Gasteiger charge is 2.19. The van der Waals surface area contributed by atoms with Gasteiger partial charge in [0.2, 0.25) is 0 Å². The van der Waals surface area contributed by atoms with E-state index in [9.17, 15) is 18.4 Å². The predicted molar refractivity (Wildman–Crippen MR) is 122 cm³/mol. The van der Waals surface area contributed by atoms with Gasteiger partial charge < -0.3 is 13.9 Å². The fourth-order valence-corrected chi connectivity index (χ4v) is 3.36. The minimum Gasteiger partial charge on any atom is -0.755 e. The van der Waals surface area contributed by atoms with Crippen molar-refractivity contribution in [1.29, 1.82) is 0 Å². The van der Waals surface area contributed by atoms with Crippen LogP contribution in [0.25, 0.3) is 0 Å². The van der Waals surface area contributed by atoms with Crippen LogP contribution in [0.3, 0.4) is 0 Å². The van der Waals surface area contributed by atoms with Crippen molar-refractivity contribution in [2.24, 2.45) is 0 Å². The molecule has 1 aromatic carbocycles. The monoisotopic (exact) mass is 481 g/mol. The average molecular weight is 482 g/mol. The first-order chi connectivity index (χ1) is 15.1. The molecule has 0 bridgehead atoms. The van der Waals surface area contributed by atoms with Crippen molar-refractivity contribution in [3.63, 3.8) is 0 Å². The summed E-state index contributed by atoms with van der Waals surface area (Å²) in [6, 6.07) is 5.01. The summed E-state index contributed by atoms with van der Waals surface area (Å²) in [5.74, 6) is -0.233. The third-order valence-electron chi connectivity index (χ3n) is 4.23. The van der Waals surface area contributed by atoms with E-state index in [1.165, 1.54) is 12.4 Å². The maximum Gasteiger partial charge on any atom is 0.411 e. The fraction of sp³-hybridized carbons (Fsp3) is 0.381. The van der Waals surface area contributed by atoms with Crippen molar-refractivity contribution in [1.82, 2.24) is 13.9 Å². The van der Waals surface area contributed by atoms with E-state index in [2.05, 4.69) is 10.3 Å². The normalized spacial score (nSPS) is 12.2. The molecule has 1 aromatic heterocycles. The number of carbonyl (C=O) groups excluding carboxylic acids is 2. The zero-order valence-corrected chi connectivity index (χ0v) is 19.9. The molecule has 9 nitrogen and oxygen atoms in total. The number of hydrogen-bond acceptors (Lipinski definition) is 6. The average Bonchev–Trinajstić information content (AvgIpc) is 3.06. The maximum atomic E-state index is 12.6. The van der Waals surface area contributed by atoms with E-state index >= 15 is 0 Å². The van der Waals surface area contributed by atoms with E-state index in [0.29, 0.717) is 33.8 Å². The minimum atomic E-state index is -2.76. The predicted octanol–water partition coefficient (Wildman–Crippen LogP) is 4.40. The number of nitrogens with one attached hydrogen (secondary N) is 1. The number of allylic oxidation sites excluding steroid dienone is 1. The molecule has 174 valence electrons. The van der Waals surface area contributed by atoms with Gasteiger partial charge >= 0.3 is 6.09 Å².